The molecule has 2 heterocycles. The molecule has 2 fully saturated rings. The summed E-state index contributed by atoms with van der Waals surface area (Å²) in [6.07, 6.45) is 3.30. The van der Waals surface area contributed by atoms with Gasteiger partial charge in [0, 0.05) is 25.7 Å². The van der Waals surface area contributed by atoms with E-state index in [4.69, 9.17) is 4.74 Å². The number of amides is 3. The second-order valence-electron chi connectivity index (χ2n) is 10.1. The average Bonchev–Trinajstić information content (AvgIpc) is 3.40. The van der Waals surface area contributed by atoms with Gasteiger partial charge in [-0.3, -0.25) is 14.5 Å². The second kappa shape index (κ2) is 9.65. The molecule has 1 aliphatic carbocycles. The number of hydrogen-bond donors (Lipinski definition) is 1. The number of nitrogens with one attached hydrogen (secondary N) is 1. The van der Waals surface area contributed by atoms with Crippen LogP contribution in [0, 0.1) is 17.2 Å². The number of likely N-dealkylation sites (tertiary alicyclic amines) is 1. The van der Waals surface area contributed by atoms with Crippen molar-refractivity contribution in [2.75, 3.05) is 18.9 Å². The molecular weight excluding hydrogens is 456 g/mol. The molecule has 36 heavy (non-hydrogen) atoms. The Hall–Kier alpha value is -3.86. The minimum Gasteiger partial charge on any atom is -0.445 e. The Balaban J connectivity index is 1.37. The van der Waals surface area contributed by atoms with Crippen LogP contribution < -0.4 is 5.32 Å². The van der Waals surface area contributed by atoms with Gasteiger partial charge in [0.2, 0.25) is 11.8 Å². The normalized spacial score (nSPS) is 23.4. The zero-order valence-electron chi connectivity index (χ0n) is 20.4. The fraction of sp³-hybridized carbons (Fsp3) is 0.429. The third-order valence-electron chi connectivity index (χ3n) is 7.94. The molecule has 0 unspecified atom stereocenters. The molecule has 2 aromatic carbocycles. The number of hydrogen-bond acceptors (Lipinski definition) is 5. The highest BCUT2D eigenvalue weighted by molar-refractivity contribution is 6.07. The lowest BCUT2D eigenvalue weighted by Crippen LogP contribution is -2.52. The Morgan fingerprint density at radius 1 is 1.19 bits per heavy atom. The Morgan fingerprint density at radius 3 is 2.61 bits per heavy atom. The van der Waals surface area contributed by atoms with Crippen LogP contribution in [-0.2, 0) is 26.3 Å². The van der Waals surface area contributed by atoms with E-state index in [0.29, 0.717) is 12.3 Å². The highest BCUT2D eigenvalue weighted by atomic mass is 16.6. The molecule has 3 atom stereocenters. The standard InChI is InChI=1S/C28H30N4O4/c1-31(27(35)36-17-20-8-3-2-4-9-20)24(14-19-10-7-11-19)25(33)32-18-28(15-21(32)16-29)22-12-5-6-13-23(22)30-26(28)34/h2-6,8-9,12-13,19,21,24H,7,10-11,14-15,17-18H2,1H3,(H,30,34)/t21-,24-,28-/m0/s1. The van der Waals surface area contributed by atoms with Crippen LogP contribution in [0.1, 0.15) is 43.2 Å². The monoisotopic (exact) mass is 486 g/mol. The summed E-state index contributed by atoms with van der Waals surface area (Å²) in [7, 11) is 1.58. The molecular formula is C28H30N4O4. The zero-order valence-corrected chi connectivity index (χ0v) is 20.4. The number of fused-ring (bicyclic) bond motifs is 2. The van der Waals surface area contributed by atoms with Crippen molar-refractivity contribution in [3.8, 4) is 6.07 Å². The van der Waals surface area contributed by atoms with Crippen LogP contribution in [0.15, 0.2) is 54.6 Å². The third-order valence-corrected chi connectivity index (χ3v) is 7.94. The second-order valence-corrected chi connectivity index (χ2v) is 10.1. The van der Waals surface area contributed by atoms with Crippen LogP contribution in [0.2, 0.25) is 0 Å². The summed E-state index contributed by atoms with van der Waals surface area (Å²) in [5.74, 6) is -0.150. The number of nitriles is 1. The van der Waals surface area contributed by atoms with E-state index in [1.54, 1.807) is 7.05 Å². The lowest BCUT2D eigenvalue weighted by molar-refractivity contribution is -0.137. The molecule has 0 bridgehead atoms. The first-order chi connectivity index (χ1) is 17.4. The number of anilines is 1. The lowest BCUT2D eigenvalue weighted by Gasteiger charge is -2.36. The van der Waals surface area contributed by atoms with Crippen molar-refractivity contribution in [2.24, 2.45) is 5.92 Å². The van der Waals surface area contributed by atoms with E-state index in [-0.39, 0.29) is 31.4 Å². The molecule has 2 aromatic rings. The lowest BCUT2D eigenvalue weighted by atomic mass is 9.79. The number of rotatable bonds is 6. The summed E-state index contributed by atoms with van der Waals surface area (Å²) in [5, 5.41) is 12.9. The summed E-state index contributed by atoms with van der Waals surface area (Å²) in [4.78, 5) is 42.9. The van der Waals surface area contributed by atoms with Gasteiger partial charge in [0.05, 0.1) is 11.5 Å². The van der Waals surface area contributed by atoms with E-state index in [2.05, 4.69) is 11.4 Å². The molecule has 1 N–H and O–H groups in total. The van der Waals surface area contributed by atoms with Gasteiger partial charge in [-0.15, -0.1) is 0 Å². The maximum absolute atomic E-state index is 14.0. The summed E-state index contributed by atoms with van der Waals surface area (Å²) < 4.78 is 5.51. The van der Waals surface area contributed by atoms with E-state index >= 15 is 0 Å². The summed E-state index contributed by atoms with van der Waals surface area (Å²) >= 11 is 0. The molecule has 8 nitrogen and oxygen atoms in total. The number of carbonyl (C=O) groups is 3. The molecule has 3 amide bonds. The Labute approximate surface area is 210 Å². The highest BCUT2D eigenvalue weighted by Gasteiger charge is 2.56. The zero-order chi connectivity index (χ0) is 25.3. The van der Waals surface area contributed by atoms with Crippen molar-refractivity contribution < 1.29 is 19.1 Å². The van der Waals surface area contributed by atoms with Gasteiger partial charge in [-0.2, -0.15) is 5.26 Å². The van der Waals surface area contributed by atoms with Crippen molar-refractivity contribution in [3.05, 3.63) is 65.7 Å². The minimum absolute atomic E-state index is 0.110. The van der Waals surface area contributed by atoms with Crippen LogP contribution in [0.4, 0.5) is 10.5 Å². The van der Waals surface area contributed by atoms with Gasteiger partial charge in [-0.05, 0) is 29.5 Å². The number of carbonyl (C=O) groups excluding carboxylic acids is 3. The Morgan fingerprint density at radius 2 is 1.92 bits per heavy atom. The molecule has 5 rings (SSSR count). The summed E-state index contributed by atoms with van der Waals surface area (Å²) in [5.41, 5.74) is 1.44. The predicted molar refractivity (Wildman–Crippen MR) is 133 cm³/mol. The quantitative estimate of drug-likeness (QED) is 0.669. The van der Waals surface area contributed by atoms with Crippen molar-refractivity contribution in [3.63, 3.8) is 0 Å². The van der Waals surface area contributed by atoms with Crippen LogP contribution in [0.3, 0.4) is 0 Å². The highest BCUT2D eigenvalue weighted by Crippen LogP contribution is 2.46. The molecule has 0 radical (unpaired) electrons. The van der Waals surface area contributed by atoms with E-state index in [1.807, 2.05) is 54.6 Å². The van der Waals surface area contributed by atoms with E-state index in [1.165, 1.54) is 9.80 Å². The van der Waals surface area contributed by atoms with E-state index in [0.717, 1.165) is 36.1 Å². The van der Waals surface area contributed by atoms with E-state index < -0.39 is 23.6 Å². The van der Waals surface area contributed by atoms with Crippen molar-refractivity contribution >= 4 is 23.6 Å². The molecule has 3 aliphatic rings. The van der Waals surface area contributed by atoms with Gasteiger partial charge in [0.15, 0.2) is 0 Å². The minimum atomic E-state index is -0.958. The predicted octanol–water partition coefficient (Wildman–Crippen LogP) is 3.83. The van der Waals surface area contributed by atoms with Gasteiger partial charge in [0.25, 0.3) is 0 Å². The number of para-hydroxylation sites is 1. The summed E-state index contributed by atoms with van der Waals surface area (Å²) in [6.45, 7) is 0.222. The van der Waals surface area contributed by atoms with Crippen LogP contribution in [0.5, 0.6) is 0 Å². The molecule has 0 aromatic heterocycles. The largest absolute Gasteiger partial charge is 0.445 e. The number of ether oxygens (including phenoxy) is 1. The number of likely N-dealkylation sites (N-methyl/N-ethyl adjacent to an activating group) is 1. The SMILES string of the molecule is CN(C(=O)OCc1ccccc1)[C@@H](CC1CCC1)C(=O)N1C[C@]2(C[C@H]1C#N)C(=O)Nc1ccccc12. The van der Waals surface area contributed by atoms with Gasteiger partial charge in [-0.25, -0.2) is 4.79 Å². The molecule has 186 valence electrons. The molecule has 1 saturated carbocycles. The first-order valence-electron chi connectivity index (χ1n) is 12.5. The number of benzene rings is 2. The smallest absolute Gasteiger partial charge is 0.410 e. The van der Waals surface area contributed by atoms with Crippen LogP contribution >= 0.6 is 0 Å². The Bertz CT molecular complexity index is 1210. The van der Waals surface area contributed by atoms with Gasteiger partial charge < -0.3 is 15.0 Å². The molecule has 1 spiro atoms. The fourth-order valence-corrected chi connectivity index (χ4v) is 5.59. The average molecular weight is 487 g/mol. The first kappa shape index (κ1) is 23.9. The van der Waals surface area contributed by atoms with Crippen molar-refractivity contribution in [1.82, 2.24) is 9.80 Å². The fourth-order valence-electron chi connectivity index (χ4n) is 5.59. The van der Waals surface area contributed by atoms with Crippen LogP contribution in [-0.4, -0.2) is 53.4 Å². The van der Waals surface area contributed by atoms with Gasteiger partial charge in [-0.1, -0.05) is 67.8 Å². The maximum atomic E-state index is 14.0. The maximum Gasteiger partial charge on any atom is 0.410 e. The van der Waals surface area contributed by atoms with E-state index in [9.17, 15) is 19.6 Å². The molecule has 2 aliphatic heterocycles. The topological polar surface area (TPSA) is 103 Å². The first-order valence-corrected chi connectivity index (χ1v) is 12.5. The van der Waals surface area contributed by atoms with Crippen molar-refractivity contribution in [1.29, 1.82) is 5.26 Å². The summed E-state index contributed by atoms with van der Waals surface area (Å²) in [6, 6.07) is 17.5. The van der Waals surface area contributed by atoms with Gasteiger partial charge >= 0.3 is 6.09 Å². The molecule has 8 heteroatoms. The number of nitrogens with zero attached hydrogens (tertiary/aromatic N) is 3. The van der Waals surface area contributed by atoms with Crippen LogP contribution in [0.25, 0.3) is 0 Å². The van der Waals surface area contributed by atoms with Gasteiger partial charge in [0.1, 0.15) is 18.7 Å². The molecule has 1 saturated heterocycles. The third kappa shape index (κ3) is 4.19. The Kier molecular flexibility index (Phi) is 6.40. The van der Waals surface area contributed by atoms with Crippen molar-refractivity contribution in [2.45, 2.75) is 56.2 Å².